The lowest BCUT2D eigenvalue weighted by Crippen LogP contribution is -2.64. The molecular weight excluding hydrogens is 278 g/mol. The summed E-state index contributed by atoms with van der Waals surface area (Å²) in [7, 11) is 0. The molecule has 0 saturated carbocycles. The molecule has 2 rings (SSSR count). The lowest BCUT2D eigenvalue weighted by Gasteiger charge is -2.40. The van der Waals surface area contributed by atoms with Crippen molar-refractivity contribution >= 4 is 29.2 Å². The number of hydrogen-bond acceptors (Lipinski definition) is 2. The van der Waals surface area contributed by atoms with Crippen LogP contribution in [-0.2, 0) is 4.79 Å². The molecule has 1 aromatic rings. The first-order chi connectivity index (χ1) is 9.32. The van der Waals surface area contributed by atoms with Crippen molar-refractivity contribution in [1.82, 2.24) is 10.2 Å². The number of nitrogens with zero attached hydrogens (tertiary/aromatic N) is 1. The monoisotopic (exact) mass is 295 g/mol. The van der Waals surface area contributed by atoms with Crippen LogP contribution in [0.25, 0.3) is 0 Å². The molecule has 2 N–H and O–H groups in total. The zero-order chi connectivity index (χ0) is 14.9. The Balaban J connectivity index is 2.15. The second-order valence-corrected chi connectivity index (χ2v) is 5.77. The van der Waals surface area contributed by atoms with Gasteiger partial charge in [-0.15, -0.1) is 0 Å². The first kappa shape index (κ1) is 14.7. The minimum Gasteiger partial charge on any atom is -0.352 e. The largest absolute Gasteiger partial charge is 0.352 e. The van der Waals surface area contributed by atoms with E-state index in [1.807, 2.05) is 13.0 Å². The Morgan fingerprint density at radius 1 is 1.45 bits per heavy atom. The van der Waals surface area contributed by atoms with E-state index in [0.29, 0.717) is 23.8 Å². The van der Waals surface area contributed by atoms with Gasteiger partial charge in [0.05, 0.1) is 0 Å². The minimum absolute atomic E-state index is 0.152. The topological polar surface area (TPSA) is 61.4 Å². The molecule has 0 unspecified atom stereocenters. The van der Waals surface area contributed by atoms with Crippen molar-refractivity contribution in [3.8, 4) is 0 Å². The maximum atomic E-state index is 12.3. The number of urea groups is 1. The third-order valence-electron chi connectivity index (χ3n) is 3.52. The third kappa shape index (κ3) is 2.72. The lowest BCUT2D eigenvalue weighted by atomic mass is 9.99. The number of nitrogens with one attached hydrogen (secondary N) is 2. The Labute approximate surface area is 123 Å². The predicted octanol–water partition coefficient (Wildman–Crippen LogP) is 2.39. The van der Waals surface area contributed by atoms with Gasteiger partial charge >= 0.3 is 6.03 Å². The summed E-state index contributed by atoms with van der Waals surface area (Å²) in [6, 6.07) is 5.03. The molecule has 20 heavy (non-hydrogen) atoms. The molecule has 0 spiro atoms. The fourth-order valence-electron chi connectivity index (χ4n) is 2.12. The van der Waals surface area contributed by atoms with Gasteiger partial charge in [0.15, 0.2) is 0 Å². The van der Waals surface area contributed by atoms with E-state index in [0.717, 1.165) is 5.56 Å². The van der Waals surface area contributed by atoms with Crippen LogP contribution in [0.15, 0.2) is 18.2 Å². The van der Waals surface area contributed by atoms with Crippen LogP contribution in [0.2, 0.25) is 5.02 Å². The van der Waals surface area contributed by atoms with Crippen molar-refractivity contribution in [2.75, 3.05) is 18.4 Å². The van der Waals surface area contributed by atoms with Crippen LogP contribution < -0.4 is 10.6 Å². The van der Waals surface area contributed by atoms with Crippen molar-refractivity contribution < 1.29 is 9.59 Å². The molecule has 6 heteroatoms. The van der Waals surface area contributed by atoms with Gasteiger partial charge in [-0.3, -0.25) is 4.79 Å². The molecule has 1 fully saturated rings. The van der Waals surface area contributed by atoms with E-state index in [-0.39, 0.29) is 11.9 Å². The molecule has 0 bridgehead atoms. The average Bonchev–Trinajstić information content (AvgIpc) is 2.37. The highest BCUT2D eigenvalue weighted by molar-refractivity contribution is 6.31. The van der Waals surface area contributed by atoms with Crippen molar-refractivity contribution in [3.63, 3.8) is 0 Å². The average molecular weight is 296 g/mol. The summed E-state index contributed by atoms with van der Waals surface area (Å²) in [6.45, 7) is 6.28. The second kappa shape index (κ2) is 5.32. The molecule has 108 valence electrons. The quantitative estimate of drug-likeness (QED) is 0.836. The van der Waals surface area contributed by atoms with E-state index in [9.17, 15) is 9.59 Å². The van der Waals surface area contributed by atoms with Crippen molar-refractivity contribution in [1.29, 1.82) is 0 Å². The molecule has 0 aromatic heterocycles. The van der Waals surface area contributed by atoms with Gasteiger partial charge in [0.1, 0.15) is 5.54 Å². The lowest BCUT2D eigenvalue weighted by molar-refractivity contribution is -0.132. The third-order valence-corrected chi connectivity index (χ3v) is 3.93. The molecule has 3 amide bonds. The number of carbonyl (C=O) groups excluding carboxylic acids is 2. The van der Waals surface area contributed by atoms with Gasteiger partial charge in [-0.2, -0.15) is 0 Å². The fraction of sp³-hybridized carbons (Fsp3) is 0.429. The van der Waals surface area contributed by atoms with Crippen LogP contribution in [0, 0.1) is 6.92 Å². The molecule has 0 aliphatic carbocycles. The Hall–Kier alpha value is -1.75. The number of amides is 3. The normalized spacial score (nSPS) is 17.6. The Morgan fingerprint density at radius 3 is 2.80 bits per heavy atom. The SMILES string of the molecule is Cc1ccc(NC(=O)N2CCNC(=O)C2(C)C)cc1Cl. The molecule has 1 saturated heterocycles. The van der Waals surface area contributed by atoms with E-state index >= 15 is 0 Å². The van der Waals surface area contributed by atoms with Crippen LogP contribution in [0.5, 0.6) is 0 Å². The fourth-order valence-corrected chi connectivity index (χ4v) is 2.30. The Kier molecular flexibility index (Phi) is 3.90. The first-order valence-corrected chi connectivity index (χ1v) is 6.83. The molecule has 0 radical (unpaired) electrons. The zero-order valence-electron chi connectivity index (χ0n) is 11.8. The van der Waals surface area contributed by atoms with Gasteiger partial charge < -0.3 is 15.5 Å². The standard InChI is InChI=1S/C14H18ClN3O2/c1-9-4-5-10(8-11(9)15)17-13(20)18-7-6-16-12(19)14(18,2)3/h4-5,8H,6-7H2,1-3H3,(H,16,19)(H,17,20). The Morgan fingerprint density at radius 2 is 2.15 bits per heavy atom. The molecule has 5 nitrogen and oxygen atoms in total. The van der Waals surface area contributed by atoms with E-state index in [4.69, 9.17) is 11.6 Å². The van der Waals surface area contributed by atoms with Crippen molar-refractivity contribution in [2.24, 2.45) is 0 Å². The summed E-state index contributed by atoms with van der Waals surface area (Å²) in [6.07, 6.45) is 0. The summed E-state index contributed by atoms with van der Waals surface area (Å²) < 4.78 is 0. The van der Waals surface area contributed by atoms with Gasteiger partial charge in [-0.1, -0.05) is 17.7 Å². The highest BCUT2D eigenvalue weighted by atomic mass is 35.5. The Bertz CT molecular complexity index is 557. The van der Waals surface area contributed by atoms with Crippen LogP contribution in [0.3, 0.4) is 0 Å². The summed E-state index contributed by atoms with van der Waals surface area (Å²) in [5, 5.41) is 6.13. The molecular formula is C14H18ClN3O2. The van der Waals surface area contributed by atoms with E-state index in [1.54, 1.807) is 26.0 Å². The molecule has 1 aliphatic rings. The molecule has 1 aromatic carbocycles. The van der Waals surface area contributed by atoms with E-state index < -0.39 is 5.54 Å². The van der Waals surface area contributed by atoms with Crippen LogP contribution >= 0.6 is 11.6 Å². The number of hydrogen-bond donors (Lipinski definition) is 2. The second-order valence-electron chi connectivity index (χ2n) is 5.36. The van der Waals surface area contributed by atoms with Gasteiger partial charge in [-0.05, 0) is 38.5 Å². The first-order valence-electron chi connectivity index (χ1n) is 6.45. The highest BCUT2D eigenvalue weighted by Gasteiger charge is 2.40. The maximum Gasteiger partial charge on any atom is 0.322 e. The number of piperazine rings is 1. The van der Waals surface area contributed by atoms with Gasteiger partial charge in [0.25, 0.3) is 0 Å². The number of anilines is 1. The summed E-state index contributed by atoms with van der Waals surface area (Å²) in [5.41, 5.74) is 0.700. The minimum atomic E-state index is -0.864. The van der Waals surface area contributed by atoms with Crippen LogP contribution in [-0.4, -0.2) is 35.5 Å². The number of aryl methyl sites for hydroxylation is 1. The summed E-state index contributed by atoms with van der Waals surface area (Å²) >= 11 is 6.03. The van der Waals surface area contributed by atoms with Gasteiger partial charge in [-0.25, -0.2) is 4.79 Å². The molecule has 1 aliphatic heterocycles. The number of rotatable bonds is 1. The highest BCUT2D eigenvalue weighted by Crippen LogP contribution is 2.22. The van der Waals surface area contributed by atoms with Crippen LogP contribution in [0.1, 0.15) is 19.4 Å². The maximum absolute atomic E-state index is 12.3. The van der Waals surface area contributed by atoms with Crippen molar-refractivity contribution in [2.45, 2.75) is 26.3 Å². The van der Waals surface area contributed by atoms with Crippen LogP contribution in [0.4, 0.5) is 10.5 Å². The summed E-state index contributed by atoms with van der Waals surface area (Å²) in [4.78, 5) is 25.7. The molecule has 1 heterocycles. The predicted molar refractivity (Wildman–Crippen MR) is 79.0 cm³/mol. The van der Waals surface area contributed by atoms with E-state index in [2.05, 4.69) is 10.6 Å². The smallest absolute Gasteiger partial charge is 0.322 e. The number of halogens is 1. The molecule has 0 atom stereocenters. The summed E-state index contributed by atoms with van der Waals surface area (Å²) in [5.74, 6) is -0.152. The number of benzene rings is 1. The van der Waals surface area contributed by atoms with E-state index in [1.165, 1.54) is 4.90 Å². The van der Waals surface area contributed by atoms with Crippen molar-refractivity contribution in [3.05, 3.63) is 28.8 Å². The number of carbonyl (C=O) groups is 2. The van der Waals surface area contributed by atoms with Gasteiger partial charge in [0, 0.05) is 23.8 Å². The zero-order valence-corrected chi connectivity index (χ0v) is 12.5. The van der Waals surface area contributed by atoms with Gasteiger partial charge in [0.2, 0.25) is 5.91 Å².